The van der Waals surface area contributed by atoms with Crippen molar-refractivity contribution in [1.82, 2.24) is 4.90 Å². The normalized spacial score (nSPS) is 27.9. The van der Waals surface area contributed by atoms with Crippen molar-refractivity contribution in [3.8, 4) is 0 Å². The number of carboxylic acids is 1. The fourth-order valence-corrected chi connectivity index (χ4v) is 2.33. The molecule has 0 saturated carbocycles. The molecule has 1 aliphatic rings. The molecule has 2 unspecified atom stereocenters. The van der Waals surface area contributed by atoms with Gasteiger partial charge in [-0.1, -0.05) is 13.3 Å². The van der Waals surface area contributed by atoms with Crippen LogP contribution in [0.2, 0.25) is 0 Å². The van der Waals surface area contributed by atoms with Gasteiger partial charge < -0.3 is 10.8 Å². The SMILES string of the molecule is CCC1CCN(CCC(=O)O)C(CN)C1. The molecule has 0 aromatic carbocycles. The Labute approximate surface area is 91.4 Å². The highest BCUT2D eigenvalue weighted by molar-refractivity contribution is 5.66. The fraction of sp³-hybridized carbons (Fsp3) is 0.909. The molecule has 0 bridgehead atoms. The molecule has 0 amide bonds. The standard InChI is InChI=1S/C11H22N2O2/c1-2-9-3-5-13(6-4-11(14)15)10(7-9)8-12/h9-10H,2-8,12H2,1H3,(H,14,15). The van der Waals surface area contributed by atoms with E-state index >= 15 is 0 Å². The number of nitrogens with two attached hydrogens (primary N) is 1. The molecular formula is C11H22N2O2. The topological polar surface area (TPSA) is 66.6 Å². The molecule has 4 nitrogen and oxygen atoms in total. The van der Waals surface area contributed by atoms with E-state index in [1.807, 2.05) is 0 Å². The van der Waals surface area contributed by atoms with Crippen molar-refractivity contribution in [2.24, 2.45) is 11.7 Å². The number of hydrogen-bond acceptors (Lipinski definition) is 3. The van der Waals surface area contributed by atoms with E-state index in [0.29, 0.717) is 19.1 Å². The summed E-state index contributed by atoms with van der Waals surface area (Å²) in [6, 6.07) is 0.392. The molecule has 0 radical (unpaired) electrons. The van der Waals surface area contributed by atoms with E-state index in [0.717, 1.165) is 18.9 Å². The molecule has 15 heavy (non-hydrogen) atoms. The van der Waals surface area contributed by atoms with Crippen LogP contribution in [-0.4, -0.2) is 41.7 Å². The largest absolute Gasteiger partial charge is 0.481 e. The van der Waals surface area contributed by atoms with E-state index in [1.165, 1.54) is 12.8 Å². The summed E-state index contributed by atoms with van der Waals surface area (Å²) in [5.41, 5.74) is 5.73. The van der Waals surface area contributed by atoms with Crippen LogP contribution in [0.5, 0.6) is 0 Å². The Morgan fingerprint density at radius 2 is 2.33 bits per heavy atom. The molecule has 0 aromatic heterocycles. The lowest BCUT2D eigenvalue weighted by Gasteiger charge is -2.38. The Morgan fingerprint density at radius 3 is 2.87 bits per heavy atom. The molecule has 1 rings (SSSR count). The van der Waals surface area contributed by atoms with Gasteiger partial charge in [0.05, 0.1) is 6.42 Å². The quantitative estimate of drug-likeness (QED) is 0.714. The highest BCUT2D eigenvalue weighted by Crippen LogP contribution is 2.24. The van der Waals surface area contributed by atoms with Crippen LogP contribution in [0, 0.1) is 5.92 Å². The Bertz CT molecular complexity index is 209. The summed E-state index contributed by atoms with van der Waals surface area (Å²) in [6.45, 7) is 4.52. The van der Waals surface area contributed by atoms with Crippen LogP contribution in [0.25, 0.3) is 0 Å². The van der Waals surface area contributed by atoms with Crippen LogP contribution in [0.4, 0.5) is 0 Å². The maximum atomic E-state index is 10.5. The number of carbonyl (C=O) groups is 1. The van der Waals surface area contributed by atoms with Crippen molar-refractivity contribution >= 4 is 5.97 Å². The molecule has 4 heteroatoms. The van der Waals surface area contributed by atoms with Crippen LogP contribution < -0.4 is 5.73 Å². The third kappa shape index (κ3) is 3.80. The first-order chi connectivity index (χ1) is 7.17. The highest BCUT2D eigenvalue weighted by atomic mass is 16.4. The Hall–Kier alpha value is -0.610. The Balaban J connectivity index is 2.40. The van der Waals surface area contributed by atoms with Crippen LogP contribution in [0.3, 0.4) is 0 Å². The maximum Gasteiger partial charge on any atom is 0.304 e. The van der Waals surface area contributed by atoms with Crippen molar-refractivity contribution in [3.05, 3.63) is 0 Å². The monoisotopic (exact) mass is 214 g/mol. The minimum absolute atomic E-state index is 0.229. The fourth-order valence-electron chi connectivity index (χ4n) is 2.33. The number of likely N-dealkylation sites (tertiary alicyclic amines) is 1. The molecule has 1 heterocycles. The predicted molar refractivity (Wildman–Crippen MR) is 59.7 cm³/mol. The second kappa shape index (κ2) is 6.08. The summed E-state index contributed by atoms with van der Waals surface area (Å²) in [6.07, 6.45) is 3.76. The van der Waals surface area contributed by atoms with Gasteiger partial charge in [-0.3, -0.25) is 9.69 Å². The van der Waals surface area contributed by atoms with Gasteiger partial charge in [0.1, 0.15) is 0 Å². The maximum absolute atomic E-state index is 10.5. The highest BCUT2D eigenvalue weighted by Gasteiger charge is 2.26. The molecule has 88 valence electrons. The lowest BCUT2D eigenvalue weighted by atomic mass is 9.89. The van der Waals surface area contributed by atoms with E-state index in [9.17, 15) is 4.79 Å². The first-order valence-corrected chi connectivity index (χ1v) is 5.83. The van der Waals surface area contributed by atoms with Gasteiger partial charge in [0.2, 0.25) is 0 Å². The molecule has 3 N–H and O–H groups in total. The number of nitrogens with zero attached hydrogens (tertiary/aromatic N) is 1. The molecule has 2 atom stereocenters. The molecule has 1 saturated heterocycles. The van der Waals surface area contributed by atoms with Gasteiger partial charge >= 0.3 is 5.97 Å². The first kappa shape index (κ1) is 12.5. The van der Waals surface area contributed by atoms with Crippen molar-refractivity contribution in [2.45, 2.75) is 38.6 Å². The van der Waals surface area contributed by atoms with Crippen molar-refractivity contribution in [3.63, 3.8) is 0 Å². The summed E-state index contributed by atoms with van der Waals surface area (Å²) >= 11 is 0. The molecule has 0 aromatic rings. The smallest absolute Gasteiger partial charge is 0.304 e. The average molecular weight is 214 g/mol. The van der Waals surface area contributed by atoms with Crippen molar-refractivity contribution in [1.29, 1.82) is 0 Å². The lowest BCUT2D eigenvalue weighted by molar-refractivity contribution is -0.137. The lowest BCUT2D eigenvalue weighted by Crippen LogP contribution is -2.47. The summed E-state index contributed by atoms with van der Waals surface area (Å²) < 4.78 is 0. The molecular weight excluding hydrogens is 192 g/mol. The van der Waals surface area contributed by atoms with Crippen LogP contribution in [0.15, 0.2) is 0 Å². The Kier molecular flexibility index (Phi) is 5.05. The van der Waals surface area contributed by atoms with E-state index in [1.54, 1.807) is 0 Å². The molecule has 0 aliphatic carbocycles. The average Bonchev–Trinajstić information content (AvgIpc) is 2.25. The zero-order valence-corrected chi connectivity index (χ0v) is 9.48. The van der Waals surface area contributed by atoms with Crippen LogP contribution in [0.1, 0.15) is 32.6 Å². The Morgan fingerprint density at radius 1 is 1.60 bits per heavy atom. The third-order valence-electron chi connectivity index (χ3n) is 3.41. The van der Waals surface area contributed by atoms with E-state index in [-0.39, 0.29) is 6.42 Å². The van der Waals surface area contributed by atoms with E-state index in [4.69, 9.17) is 10.8 Å². The minimum Gasteiger partial charge on any atom is -0.481 e. The van der Waals surface area contributed by atoms with E-state index in [2.05, 4.69) is 11.8 Å². The number of piperidine rings is 1. The van der Waals surface area contributed by atoms with Gasteiger partial charge in [-0.25, -0.2) is 0 Å². The number of carboxylic acid groups (broad SMARTS) is 1. The zero-order valence-electron chi connectivity index (χ0n) is 9.48. The number of hydrogen-bond donors (Lipinski definition) is 2. The zero-order chi connectivity index (χ0) is 11.3. The van der Waals surface area contributed by atoms with Gasteiger partial charge in [-0.2, -0.15) is 0 Å². The van der Waals surface area contributed by atoms with Gasteiger partial charge in [-0.15, -0.1) is 0 Å². The minimum atomic E-state index is -0.719. The molecule has 0 spiro atoms. The molecule has 1 fully saturated rings. The van der Waals surface area contributed by atoms with Crippen molar-refractivity contribution in [2.75, 3.05) is 19.6 Å². The molecule has 1 aliphatic heterocycles. The number of aliphatic carboxylic acids is 1. The van der Waals surface area contributed by atoms with Gasteiger partial charge in [-0.05, 0) is 25.3 Å². The van der Waals surface area contributed by atoms with Gasteiger partial charge in [0.15, 0.2) is 0 Å². The second-order valence-corrected chi connectivity index (χ2v) is 4.37. The summed E-state index contributed by atoms with van der Waals surface area (Å²) in [7, 11) is 0. The van der Waals surface area contributed by atoms with Crippen LogP contribution >= 0.6 is 0 Å². The summed E-state index contributed by atoms with van der Waals surface area (Å²) in [4.78, 5) is 12.7. The van der Waals surface area contributed by atoms with Gasteiger partial charge in [0, 0.05) is 19.1 Å². The number of rotatable bonds is 5. The third-order valence-corrected chi connectivity index (χ3v) is 3.41. The summed E-state index contributed by atoms with van der Waals surface area (Å²) in [5, 5.41) is 8.64. The van der Waals surface area contributed by atoms with Crippen molar-refractivity contribution < 1.29 is 9.90 Å². The van der Waals surface area contributed by atoms with Gasteiger partial charge in [0.25, 0.3) is 0 Å². The van der Waals surface area contributed by atoms with Crippen LogP contribution in [-0.2, 0) is 4.79 Å². The van der Waals surface area contributed by atoms with E-state index < -0.39 is 5.97 Å². The first-order valence-electron chi connectivity index (χ1n) is 5.83. The second-order valence-electron chi connectivity index (χ2n) is 4.37. The predicted octanol–water partition coefficient (Wildman–Crippen LogP) is 0.910. The summed E-state index contributed by atoms with van der Waals surface area (Å²) in [5.74, 6) is 0.0583.